The molecule has 0 aliphatic carbocycles. The quantitative estimate of drug-likeness (QED) is 0.427. The molecule has 2 amide bonds. The Labute approximate surface area is 195 Å². The Morgan fingerprint density at radius 2 is 1.74 bits per heavy atom. The Balaban J connectivity index is 2.14. The topological polar surface area (TPSA) is 49.4 Å². The van der Waals surface area contributed by atoms with E-state index in [1.54, 1.807) is 16.7 Å². The standard InChI is InChI=1S/C25H33ClN2O2S/c1-5-19(4)27-25(30)23(6-2)28(17-20-10-8-7-9-18(20)3)24(29)15-16-31-22-13-11-21(26)12-14-22/h7-14,19,23H,5-6,15-17H2,1-4H3,(H,27,30)/t19-,23+/m1/s1. The Bertz CT molecular complexity index is 857. The summed E-state index contributed by atoms with van der Waals surface area (Å²) in [7, 11) is 0. The summed E-state index contributed by atoms with van der Waals surface area (Å²) in [4.78, 5) is 29.1. The number of thioether (sulfide) groups is 1. The molecule has 0 bridgehead atoms. The van der Waals surface area contributed by atoms with E-state index in [0.717, 1.165) is 22.4 Å². The first-order valence-corrected chi connectivity index (χ1v) is 12.2. The number of aryl methyl sites for hydroxylation is 1. The second-order valence-electron chi connectivity index (χ2n) is 7.74. The van der Waals surface area contributed by atoms with Gasteiger partial charge in [0.2, 0.25) is 11.8 Å². The monoisotopic (exact) mass is 460 g/mol. The van der Waals surface area contributed by atoms with Crippen molar-refractivity contribution in [2.45, 2.75) is 70.5 Å². The van der Waals surface area contributed by atoms with Crippen molar-refractivity contribution in [3.8, 4) is 0 Å². The third kappa shape index (κ3) is 7.89. The van der Waals surface area contributed by atoms with Gasteiger partial charge >= 0.3 is 0 Å². The molecule has 31 heavy (non-hydrogen) atoms. The number of nitrogens with zero attached hydrogens (tertiary/aromatic N) is 1. The molecule has 2 aromatic rings. The number of hydrogen-bond acceptors (Lipinski definition) is 3. The maximum absolute atomic E-state index is 13.3. The number of halogens is 1. The number of carbonyl (C=O) groups is 2. The highest BCUT2D eigenvalue weighted by molar-refractivity contribution is 7.99. The van der Waals surface area contributed by atoms with Crippen LogP contribution in [0.4, 0.5) is 0 Å². The van der Waals surface area contributed by atoms with E-state index in [0.29, 0.717) is 30.2 Å². The van der Waals surface area contributed by atoms with Crippen LogP contribution < -0.4 is 5.32 Å². The molecular formula is C25H33ClN2O2S. The minimum atomic E-state index is -0.485. The molecule has 1 N–H and O–H groups in total. The van der Waals surface area contributed by atoms with Gasteiger partial charge in [0.1, 0.15) is 6.04 Å². The van der Waals surface area contributed by atoms with Crippen molar-refractivity contribution < 1.29 is 9.59 Å². The molecule has 0 saturated carbocycles. The zero-order valence-corrected chi connectivity index (χ0v) is 20.4. The van der Waals surface area contributed by atoms with Gasteiger partial charge < -0.3 is 10.2 Å². The number of hydrogen-bond donors (Lipinski definition) is 1. The zero-order chi connectivity index (χ0) is 22.8. The van der Waals surface area contributed by atoms with Crippen molar-refractivity contribution in [1.82, 2.24) is 10.2 Å². The van der Waals surface area contributed by atoms with Gasteiger partial charge in [-0.05, 0) is 62.1 Å². The van der Waals surface area contributed by atoms with Crippen molar-refractivity contribution >= 4 is 35.2 Å². The van der Waals surface area contributed by atoms with Crippen LogP contribution in [0, 0.1) is 6.92 Å². The average molecular weight is 461 g/mol. The van der Waals surface area contributed by atoms with Gasteiger partial charge in [0.05, 0.1) is 0 Å². The maximum atomic E-state index is 13.3. The molecule has 0 spiro atoms. The second kappa shape index (κ2) is 12.8. The largest absolute Gasteiger partial charge is 0.352 e. The predicted molar refractivity (Wildman–Crippen MR) is 130 cm³/mol. The highest BCUT2D eigenvalue weighted by Gasteiger charge is 2.29. The average Bonchev–Trinajstić information content (AvgIpc) is 2.76. The number of amides is 2. The molecular weight excluding hydrogens is 428 g/mol. The van der Waals surface area contributed by atoms with Crippen LogP contribution in [0.3, 0.4) is 0 Å². The van der Waals surface area contributed by atoms with Gasteiger partial charge in [0.25, 0.3) is 0 Å². The first kappa shape index (κ1) is 25.3. The molecule has 0 aliphatic rings. The fourth-order valence-corrected chi connectivity index (χ4v) is 4.23. The minimum Gasteiger partial charge on any atom is -0.352 e. The Morgan fingerprint density at radius 3 is 2.35 bits per heavy atom. The van der Waals surface area contributed by atoms with E-state index < -0.39 is 6.04 Å². The van der Waals surface area contributed by atoms with Crippen LogP contribution >= 0.6 is 23.4 Å². The van der Waals surface area contributed by atoms with Gasteiger partial charge in [0.15, 0.2) is 0 Å². The van der Waals surface area contributed by atoms with Crippen molar-refractivity contribution in [3.63, 3.8) is 0 Å². The highest BCUT2D eigenvalue weighted by Crippen LogP contribution is 2.22. The normalized spacial score (nSPS) is 12.8. The summed E-state index contributed by atoms with van der Waals surface area (Å²) in [6, 6.07) is 15.2. The minimum absolute atomic E-state index is 0.00383. The lowest BCUT2D eigenvalue weighted by Crippen LogP contribution is -2.50. The van der Waals surface area contributed by atoms with E-state index >= 15 is 0 Å². The molecule has 0 heterocycles. The molecule has 4 nitrogen and oxygen atoms in total. The van der Waals surface area contributed by atoms with Crippen LogP contribution in [-0.4, -0.2) is 34.6 Å². The van der Waals surface area contributed by atoms with E-state index in [1.807, 2.05) is 76.2 Å². The van der Waals surface area contributed by atoms with Crippen LogP contribution in [0.5, 0.6) is 0 Å². The first-order valence-electron chi connectivity index (χ1n) is 10.9. The van der Waals surface area contributed by atoms with Crippen molar-refractivity contribution in [2.75, 3.05) is 5.75 Å². The summed E-state index contributed by atoms with van der Waals surface area (Å²) in [5.41, 5.74) is 2.18. The Hall–Kier alpha value is -1.98. The molecule has 0 aliphatic heterocycles. The number of carbonyl (C=O) groups excluding carboxylic acids is 2. The van der Waals surface area contributed by atoms with E-state index in [2.05, 4.69) is 5.32 Å². The van der Waals surface area contributed by atoms with E-state index in [4.69, 9.17) is 11.6 Å². The van der Waals surface area contributed by atoms with Crippen LogP contribution in [0.2, 0.25) is 5.02 Å². The lowest BCUT2D eigenvalue weighted by molar-refractivity contribution is -0.141. The Kier molecular flexibility index (Phi) is 10.4. The number of benzene rings is 2. The lowest BCUT2D eigenvalue weighted by atomic mass is 10.1. The van der Waals surface area contributed by atoms with Gasteiger partial charge in [0, 0.05) is 34.7 Å². The SMILES string of the molecule is CC[C@@H](C)NC(=O)[C@H](CC)N(Cc1ccccc1C)C(=O)CCSc1ccc(Cl)cc1. The van der Waals surface area contributed by atoms with Crippen LogP contribution in [0.25, 0.3) is 0 Å². The summed E-state index contributed by atoms with van der Waals surface area (Å²) in [5.74, 6) is 0.564. The van der Waals surface area contributed by atoms with Crippen LogP contribution in [0.1, 0.15) is 51.2 Å². The van der Waals surface area contributed by atoms with Gasteiger partial charge in [-0.3, -0.25) is 9.59 Å². The lowest BCUT2D eigenvalue weighted by Gasteiger charge is -2.32. The molecule has 0 radical (unpaired) electrons. The molecule has 168 valence electrons. The highest BCUT2D eigenvalue weighted by atomic mass is 35.5. The molecule has 2 rings (SSSR count). The van der Waals surface area contributed by atoms with Gasteiger partial charge in [-0.15, -0.1) is 11.8 Å². The fourth-order valence-electron chi connectivity index (χ4n) is 3.26. The van der Waals surface area contributed by atoms with E-state index in [1.165, 1.54) is 0 Å². The third-order valence-electron chi connectivity index (χ3n) is 5.39. The molecule has 0 fully saturated rings. The van der Waals surface area contributed by atoms with Crippen LogP contribution in [0.15, 0.2) is 53.4 Å². The van der Waals surface area contributed by atoms with Crippen molar-refractivity contribution in [3.05, 3.63) is 64.7 Å². The summed E-state index contributed by atoms with van der Waals surface area (Å²) in [6.07, 6.45) is 1.79. The number of nitrogens with one attached hydrogen (secondary N) is 1. The summed E-state index contributed by atoms with van der Waals surface area (Å²) < 4.78 is 0. The van der Waals surface area contributed by atoms with Gasteiger partial charge in [-0.2, -0.15) is 0 Å². The number of rotatable bonds is 11. The summed E-state index contributed by atoms with van der Waals surface area (Å²) in [5, 5.41) is 3.75. The van der Waals surface area contributed by atoms with E-state index in [9.17, 15) is 9.59 Å². The maximum Gasteiger partial charge on any atom is 0.243 e. The molecule has 0 aromatic heterocycles. The first-order chi connectivity index (χ1) is 14.8. The van der Waals surface area contributed by atoms with Crippen molar-refractivity contribution in [2.24, 2.45) is 0 Å². The fraction of sp³-hybridized carbons (Fsp3) is 0.440. The molecule has 2 aromatic carbocycles. The van der Waals surface area contributed by atoms with Crippen LogP contribution in [-0.2, 0) is 16.1 Å². The van der Waals surface area contributed by atoms with Gasteiger partial charge in [-0.25, -0.2) is 0 Å². The molecule has 6 heteroatoms. The molecule has 0 unspecified atom stereocenters. The third-order valence-corrected chi connectivity index (χ3v) is 6.65. The van der Waals surface area contributed by atoms with Crippen molar-refractivity contribution in [1.29, 1.82) is 0 Å². The zero-order valence-electron chi connectivity index (χ0n) is 18.9. The van der Waals surface area contributed by atoms with E-state index in [-0.39, 0.29) is 17.9 Å². The predicted octanol–water partition coefficient (Wildman–Crippen LogP) is 5.85. The second-order valence-corrected chi connectivity index (χ2v) is 9.35. The molecule has 0 saturated heterocycles. The molecule has 2 atom stereocenters. The smallest absolute Gasteiger partial charge is 0.243 e. The summed E-state index contributed by atoms with van der Waals surface area (Å²) >= 11 is 7.57. The summed E-state index contributed by atoms with van der Waals surface area (Å²) in [6.45, 7) is 8.45. The van der Waals surface area contributed by atoms with Gasteiger partial charge in [-0.1, -0.05) is 49.7 Å². The Morgan fingerprint density at radius 1 is 1.06 bits per heavy atom.